The van der Waals surface area contributed by atoms with E-state index in [0.29, 0.717) is 0 Å². The maximum atomic E-state index is 5.36. The number of hydrogen-bond acceptors (Lipinski definition) is 3. The van der Waals surface area contributed by atoms with Crippen LogP contribution in [0.3, 0.4) is 0 Å². The third-order valence-corrected chi connectivity index (χ3v) is 10.7. The summed E-state index contributed by atoms with van der Waals surface area (Å²) in [4.78, 5) is 14.8. The van der Waals surface area contributed by atoms with Gasteiger partial charge >= 0.3 is 0 Å². The molecule has 0 saturated heterocycles. The first-order chi connectivity index (χ1) is 25.8. The highest BCUT2D eigenvalue weighted by Crippen LogP contribution is 2.44. The first kappa shape index (κ1) is 28.8. The van der Waals surface area contributed by atoms with Gasteiger partial charge in [-0.1, -0.05) is 140 Å². The molecular weight excluding hydrogens is 631 g/mol. The maximum absolute atomic E-state index is 5.36. The quantitative estimate of drug-likeness (QED) is 0.177. The first-order valence-corrected chi connectivity index (χ1v) is 17.7. The highest BCUT2D eigenvalue weighted by molar-refractivity contribution is 6.33. The lowest BCUT2D eigenvalue weighted by Crippen LogP contribution is -1.93. The van der Waals surface area contributed by atoms with Gasteiger partial charge in [0.05, 0.1) is 22.2 Å². The molecule has 3 heterocycles. The SMILES string of the molecule is c1cnc2c(c1)cc(-c1ccc(-c3ccc(-c4nc5ccccc5c5c6ccccc6c6ccccc6c45)cc3)c3ccccc13)c1cccnc12. The summed E-state index contributed by atoms with van der Waals surface area (Å²) in [6, 6.07) is 58.9. The van der Waals surface area contributed by atoms with E-state index in [-0.39, 0.29) is 0 Å². The van der Waals surface area contributed by atoms with Crippen molar-refractivity contribution in [3.8, 4) is 33.5 Å². The number of fused-ring (bicyclic) bond motifs is 12. The average Bonchev–Trinajstić information content (AvgIpc) is 3.22. The van der Waals surface area contributed by atoms with Crippen molar-refractivity contribution in [3.63, 3.8) is 0 Å². The van der Waals surface area contributed by atoms with Crippen molar-refractivity contribution in [1.29, 1.82) is 0 Å². The molecule has 0 amide bonds. The Morgan fingerprint density at radius 2 is 0.865 bits per heavy atom. The van der Waals surface area contributed by atoms with Crippen molar-refractivity contribution in [3.05, 3.63) is 176 Å². The number of pyridine rings is 3. The van der Waals surface area contributed by atoms with Gasteiger partial charge < -0.3 is 0 Å². The van der Waals surface area contributed by atoms with Crippen LogP contribution in [0.1, 0.15) is 0 Å². The van der Waals surface area contributed by atoms with Crippen molar-refractivity contribution in [2.75, 3.05) is 0 Å². The molecule has 0 spiro atoms. The predicted molar refractivity (Wildman–Crippen MR) is 219 cm³/mol. The van der Waals surface area contributed by atoms with Crippen LogP contribution in [0.5, 0.6) is 0 Å². The summed E-state index contributed by atoms with van der Waals surface area (Å²) in [5.41, 5.74) is 9.68. The molecule has 11 rings (SSSR count). The first-order valence-electron chi connectivity index (χ1n) is 17.7. The Balaban J connectivity index is 1.11. The lowest BCUT2D eigenvalue weighted by Gasteiger charge is -2.17. The van der Waals surface area contributed by atoms with Crippen molar-refractivity contribution in [2.45, 2.75) is 0 Å². The summed E-state index contributed by atoms with van der Waals surface area (Å²) < 4.78 is 0. The van der Waals surface area contributed by atoms with E-state index in [4.69, 9.17) is 9.97 Å². The van der Waals surface area contributed by atoms with E-state index in [0.717, 1.165) is 44.1 Å². The molecule has 240 valence electrons. The van der Waals surface area contributed by atoms with E-state index in [1.165, 1.54) is 65.2 Å². The van der Waals surface area contributed by atoms with Gasteiger partial charge in [0.2, 0.25) is 0 Å². The van der Waals surface area contributed by atoms with Crippen molar-refractivity contribution in [2.24, 2.45) is 0 Å². The fourth-order valence-corrected chi connectivity index (χ4v) is 8.43. The van der Waals surface area contributed by atoms with Gasteiger partial charge in [-0.15, -0.1) is 0 Å². The van der Waals surface area contributed by atoms with Gasteiger partial charge in [0, 0.05) is 44.9 Å². The van der Waals surface area contributed by atoms with E-state index in [1.807, 2.05) is 24.5 Å². The number of aromatic nitrogens is 3. The molecule has 0 atom stereocenters. The van der Waals surface area contributed by atoms with Gasteiger partial charge in [0.15, 0.2) is 0 Å². The van der Waals surface area contributed by atoms with Crippen molar-refractivity contribution >= 4 is 75.8 Å². The normalized spacial score (nSPS) is 11.8. The Hall–Kier alpha value is -6.97. The van der Waals surface area contributed by atoms with Crippen LogP contribution in [0.25, 0.3) is 109 Å². The monoisotopic (exact) mass is 659 g/mol. The molecule has 52 heavy (non-hydrogen) atoms. The Morgan fingerprint density at radius 3 is 1.62 bits per heavy atom. The minimum Gasteiger partial charge on any atom is -0.254 e. The average molecular weight is 660 g/mol. The molecule has 0 bridgehead atoms. The van der Waals surface area contributed by atoms with Crippen LogP contribution in [-0.2, 0) is 0 Å². The van der Waals surface area contributed by atoms with Crippen molar-refractivity contribution in [1.82, 2.24) is 15.0 Å². The lowest BCUT2D eigenvalue weighted by molar-refractivity contribution is 1.37. The van der Waals surface area contributed by atoms with Crippen LogP contribution in [0, 0.1) is 0 Å². The second kappa shape index (κ2) is 11.3. The van der Waals surface area contributed by atoms with Gasteiger partial charge in [0.1, 0.15) is 0 Å². The number of para-hydroxylation sites is 1. The van der Waals surface area contributed by atoms with Gasteiger partial charge in [-0.2, -0.15) is 0 Å². The smallest absolute Gasteiger partial charge is 0.0970 e. The molecule has 3 nitrogen and oxygen atoms in total. The summed E-state index contributed by atoms with van der Waals surface area (Å²) in [6.45, 7) is 0. The fourth-order valence-electron chi connectivity index (χ4n) is 8.43. The standard InChI is InChI=1S/C49H29N3/c1-2-13-35-34(12-1)33(25-26-38(35)43-29-32-11-9-27-50-48(32)49-41(43)19-10-28-51-49)30-21-23-31(24-22-30)47-46-40-17-6-4-15-37(40)36-14-3-5-16-39(36)45(46)42-18-7-8-20-44(42)52-47/h1-29H. The highest BCUT2D eigenvalue weighted by atomic mass is 14.7. The molecule has 3 aromatic heterocycles. The molecular formula is C49H29N3. The van der Waals surface area contributed by atoms with E-state index in [9.17, 15) is 0 Å². The zero-order valence-corrected chi connectivity index (χ0v) is 28.1. The van der Waals surface area contributed by atoms with Gasteiger partial charge in [-0.3, -0.25) is 9.97 Å². The Bertz CT molecular complexity index is 3240. The summed E-state index contributed by atoms with van der Waals surface area (Å²) in [6.07, 6.45) is 3.69. The summed E-state index contributed by atoms with van der Waals surface area (Å²) >= 11 is 0. The number of rotatable bonds is 3. The zero-order chi connectivity index (χ0) is 34.2. The predicted octanol–water partition coefficient (Wildman–Crippen LogP) is 12.9. The second-order valence-electron chi connectivity index (χ2n) is 13.5. The lowest BCUT2D eigenvalue weighted by atomic mass is 9.88. The maximum Gasteiger partial charge on any atom is 0.0970 e. The third kappa shape index (κ3) is 4.23. The van der Waals surface area contributed by atoms with E-state index >= 15 is 0 Å². The van der Waals surface area contributed by atoms with Gasteiger partial charge in [-0.25, -0.2) is 4.98 Å². The van der Waals surface area contributed by atoms with Gasteiger partial charge in [-0.05, 0) is 78.8 Å². The molecule has 0 saturated carbocycles. The highest BCUT2D eigenvalue weighted by Gasteiger charge is 2.18. The molecule has 0 fully saturated rings. The molecule has 0 unspecified atom stereocenters. The van der Waals surface area contributed by atoms with Crippen LogP contribution in [0.4, 0.5) is 0 Å². The number of hydrogen-bond donors (Lipinski definition) is 0. The Labute approximate surface area is 299 Å². The zero-order valence-electron chi connectivity index (χ0n) is 28.1. The van der Waals surface area contributed by atoms with E-state index < -0.39 is 0 Å². The molecule has 0 aliphatic heterocycles. The summed E-state index contributed by atoms with van der Waals surface area (Å²) in [7, 11) is 0. The van der Waals surface area contributed by atoms with Crippen LogP contribution in [0.15, 0.2) is 176 Å². The van der Waals surface area contributed by atoms with Crippen molar-refractivity contribution < 1.29 is 0 Å². The molecule has 8 aromatic carbocycles. The second-order valence-corrected chi connectivity index (χ2v) is 13.5. The third-order valence-electron chi connectivity index (χ3n) is 10.7. The Kier molecular flexibility index (Phi) is 6.25. The number of benzene rings is 8. The minimum atomic E-state index is 0.926. The fraction of sp³-hybridized carbons (Fsp3) is 0. The van der Waals surface area contributed by atoms with Gasteiger partial charge in [0.25, 0.3) is 0 Å². The minimum absolute atomic E-state index is 0.926. The van der Waals surface area contributed by atoms with Crippen LogP contribution in [0.2, 0.25) is 0 Å². The Morgan fingerprint density at radius 1 is 0.327 bits per heavy atom. The number of nitrogens with zero attached hydrogens (tertiary/aromatic N) is 3. The van der Waals surface area contributed by atoms with Crippen LogP contribution >= 0.6 is 0 Å². The molecule has 0 aliphatic carbocycles. The summed E-state index contributed by atoms with van der Waals surface area (Å²) in [5, 5.41) is 13.2. The van der Waals surface area contributed by atoms with E-state index in [1.54, 1.807) is 0 Å². The summed E-state index contributed by atoms with van der Waals surface area (Å²) in [5.74, 6) is 0. The molecule has 0 N–H and O–H groups in total. The molecule has 0 aliphatic rings. The largest absolute Gasteiger partial charge is 0.254 e. The molecule has 0 radical (unpaired) electrons. The topological polar surface area (TPSA) is 38.7 Å². The molecule has 3 heteroatoms. The van der Waals surface area contributed by atoms with E-state index in [2.05, 4.69) is 157 Å². The van der Waals surface area contributed by atoms with Crippen LogP contribution in [-0.4, -0.2) is 15.0 Å². The molecule has 11 aromatic rings. The van der Waals surface area contributed by atoms with Crippen LogP contribution < -0.4 is 0 Å².